The Balaban J connectivity index is 1.41. The normalized spacial score (nSPS) is 16.0. The molecular formula is C18H23N5O2S2. The summed E-state index contributed by atoms with van der Waals surface area (Å²) in [5, 5.41) is 7.72. The molecule has 144 valence electrons. The van der Waals surface area contributed by atoms with Crippen LogP contribution < -0.4 is 5.32 Å². The number of thiophene rings is 1. The zero-order valence-corrected chi connectivity index (χ0v) is 16.9. The van der Waals surface area contributed by atoms with Crippen molar-refractivity contribution in [3.63, 3.8) is 0 Å². The smallest absolute Gasteiger partial charge is 0.252 e. The Hall–Kier alpha value is -1.97. The maximum absolute atomic E-state index is 12.7. The fourth-order valence-corrected chi connectivity index (χ4v) is 6.38. The van der Waals surface area contributed by atoms with Crippen molar-refractivity contribution in [1.82, 2.24) is 18.9 Å². The van der Waals surface area contributed by atoms with E-state index in [-0.39, 0.29) is 0 Å². The second kappa shape index (κ2) is 7.57. The summed E-state index contributed by atoms with van der Waals surface area (Å²) in [4.78, 5) is 5.44. The maximum Gasteiger partial charge on any atom is 0.252 e. The van der Waals surface area contributed by atoms with Crippen LogP contribution in [-0.4, -0.2) is 47.0 Å². The quantitative estimate of drug-likeness (QED) is 0.682. The van der Waals surface area contributed by atoms with Crippen molar-refractivity contribution in [3.8, 4) is 0 Å². The summed E-state index contributed by atoms with van der Waals surface area (Å²) in [6.07, 6.45) is 7.31. The summed E-state index contributed by atoms with van der Waals surface area (Å²) < 4.78 is 29.4. The predicted octanol–water partition coefficient (Wildman–Crippen LogP) is 2.93. The fourth-order valence-electron chi connectivity index (χ4n) is 3.35. The van der Waals surface area contributed by atoms with Gasteiger partial charge < -0.3 is 5.32 Å². The van der Waals surface area contributed by atoms with E-state index < -0.39 is 10.0 Å². The standard InChI is InChI=1S/C18H23N5O2S2/c1-14-13-16-18(20-9-12-23(16)21-14)19-8-7-15-5-6-17(26-15)27(24,25)22-10-3-2-4-11-22/h5-6,9,12-13H,2-4,7-8,10-11H2,1H3,(H,19,20). The van der Waals surface area contributed by atoms with Gasteiger partial charge in [0.15, 0.2) is 5.82 Å². The molecule has 0 bridgehead atoms. The lowest BCUT2D eigenvalue weighted by atomic mass is 10.2. The van der Waals surface area contributed by atoms with E-state index in [1.54, 1.807) is 21.1 Å². The van der Waals surface area contributed by atoms with Gasteiger partial charge in [-0.1, -0.05) is 6.42 Å². The molecule has 0 unspecified atom stereocenters. The number of piperidine rings is 1. The Bertz CT molecular complexity index is 1040. The minimum atomic E-state index is -3.34. The molecule has 0 aliphatic carbocycles. The van der Waals surface area contributed by atoms with E-state index in [2.05, 4.69) is 15.4 Å². The van der Waals surface area contributed by atoms with Gasteiger partial charge in [-0.3, -0.25) is 0 Å². The molecule has 9 heteroatoms. The Morgan fingerprint density at radius 1 is 1.22 bits per heavy atom. The van der Waals surface area contributed by atoms with Crippen LogP contribution >= 0.6 is 11.3 Å². The number of hydrogen-bond acceptors (Lipinski definition) is 6. The average Bonchev–Trinajstić information content (AvgIpc) is 3.29. The number of aryl methyl sites for hydroxylation is 1. The lowest BCUT2D eigenvalue weighted by Gasteiger charge is -2.25. The molecule has 0 saturated carbocycles. The largest absolute Gasteiger partial charge is 0.368 e. The van der Waals surface area contributed by atoms with Crippen molar-refractivity contribution in [1.29, 1.82) is 0 Å². The van der Waals surface area contributed by atoms with Crippen LogP contribution in [0.1, 0.15) is 29.8 Å². The SMILES string of the molecule is Cc1cc2c(NCCc3ccc(S(=O)(=O)N4CCCCC4)s3)nccn2n1. The first-order valence-corrected chi connectivity index (χ1v) is 11.4. The monoisotopic (exact) mass is 405 g/mol. The van der Waals surface area contributed by atoms with Crippen molar-refractivity contribution in [2.45, 2.75) is 36.8 Å². The van der Waals surface area contributed by atoms with E-state index in [4.69, 9.17) is 0 Å². The highest BCUT2D eigenvalue weighted by Crippen LogP contribution is 2.27. The van der Waals surface area contributed by atoms with Gasteiger partial charge in [-0.2, -0.15) is 9.40 Å². The topological polar surface area (TPSA) is 79.6 Å². The number of nitrogens with one attached hydrogen (secondary N) is 1. The first-order chi connectivity index (χ1) is 13.0. The molecule has 0 amide bonds. The molecule has 1 fully saturated rings. The third-order valence-corrected chi connectivity index (χ3v) is 8.23. The Kier molecular flexibility index (Phi) is 5.16. The molecule has 1 saturated heterocycles. The lowest BCUT2D eigenvalue weighted by molar-refractivity contribution is 0.347. The molecule has 0 spiro atoms. The van der Waals surface area contributed by atoms with Gasteiger partial charge in [0.1, 0.15) is 9.73 Å². The van der Waals surface area contributed by atoms with Crippen molar-refractivity contribution in [2.24, 2.45) is 0 Å². The van der Waals surface area contributed by atoms with E-state index in [0.29, 0.717) is 23.8 Å². The van der Waals surface area contributed by atoms with Crippen molar-refractivity contribution >= 4 is 32.7 Å². The summed E-state index contributed by atoms with van der Waals surface area (Å²) >= 11 is 1.37. The van der Waals surface area contributed by atoms with Gasteiger partial charge in [0.25, 0.3) is 10.0 Å². The molecule has 0 aromatic carbocycles. The molecule has 4 rings (SSSR count). The van der Waals surface area contributed by atoms with Crippen molar-refractivity contribution in [2.75, 3.05) is 25.0 Å². The summed E-state index contributed by atoms with van der Waals surface area (Å²) in [6, 6.07) is 5.65. The lowest BCUT2D eigenvalue weighted by Crippen LogP contribution is -2.35. The zero-order valence-electron chi connectivity index (χ0n) is 15.3. The van der Waals surface area contributed by atoms with Gasteiger partial charge >= 0.3 is 0 Å². The number of fused-ring (bicyclic) bond motifs is 1. The minimum Gasteiger partial charge on any atom is -0.368 e. The number of nitrogens with zero attached hydrogens (tertiary/aromatic N) is 4. The Morgan fingerprint density at radius 3 is 2.85 bits per heavy atom. The van der Waals surface area contributed by atoms with Crippen LogP contribution in [0.2, 0.25) is 0 Å². The number of rotatable bonds is 6. The molecule has 3 aromatic rings. The van der Waals surface area contributed by atoms with Crippen LogP contribution in [0.5, 0.6) is 0 Å². The summed E-state index contributed by atoms with van der Waals surface area (Å²) in [7, 11) is -3.34. The molecule has 1 aliphatic heterocycles. The molecule has 0 atom stereocenters. The van der Waals surface area contributed by atoms with Crippen molar-refractivity contribution < 1.29 is 8.42 Å². The summed E-state index contributed by atoms with van der Waals surface area (Å²) in [5.74, 6) is 0.788. The maximum atomic E-state index is 12.7. The number of hydrogen-bond donors (Lipinski definition) is 1. The van der Waals surface area contributed by atoms with Gasteiger partial charge in [-0.15, -0.1) is 11.3 Å². The summed E-state index contributed by atoms with van der Waals surface area (Å²) in [5.41, 5.74) is 1.88. The first kappa shape index (κ1) is 18.4. The summed E-state index contributed by atoms with van der Waals surface area (Å²) in [6.45, 7) is 3.91. The van der Waals surface area contributed by atoms with E-state index in [9.17, 15) is 8.42 Å². The third kappa shape index (κ3) is 3.85. The van der Waals surface area contributed by atoms with Crippen LogP contribution in [-0.2, 0) is 16.4 Å². The molecule has 0 radical (unpaired) electrons. The molecule has 1 aliphatic rings. The number of aromatic nitrogens is 3. The minimum absolute atomic E-state index is 0.450. The second-order valence-electron chi connectivity index (χ2n) is 6.75. The second-order valence-corrected chi connectivity index (χ2v) is 10.1. The van der Waals surface area contributed by atoms with Crippen molar-refractivity contribution in [3.05, 3.63) is 41.2 Å². The first-order valence-electron chi connectivity index (χ1n) is 9.18. The molecular weight excluding hydrogens is 382 g/mol. The highest BCUT2D eigenvalue weighted by atomic mass is 32.2. The van der Waals surface area contributed by atoms with Gasteiger partial charge in [0, 0.05) is 36.9 Å². The molecule has 27 heavy (non-hydrogen) atoms. The van der Waals surface area contributed by atoms with Gasteiger partial charge in [-0.25, -0.2) is 17.9 Å². The fraction of sp³-hybridized carbons (Fsp3) is 0.444. The highest BCUT2D eigenvalue weighted by molar-refractivity contribution is 7.91. The molecule has 3 aromatic heterocycles. The zero-order chi connectivity index (χ0) is 18.9. The van der Waals surface area contributed by atoms with Crippen LogP contribution in [0.4, 0.5) is 5.82 Å². The van der Waals surface area contributed by atoms with E-state index in [1.165, 1.54) is 11.3 Å². The van der Waals surface area contributed by atoms with Crippen LogP contribution in [0.15, 0.2) is 34.8 Å². The van der Waals surface area contributed by atoms with Gasteiger partial charge in [0.2, 0.25) is 0 Å². The third-order valence-electron chi connectivity index (χ3n) is 4.72. The Morgan fingerprint density at radius 2 is 2.04 bits per heavy atom. The number of sulfonamides is 1. The number of anilines is 1. The molecule has 7 nitrogen and oxygen atoms in total. The average molecular weight is 406 g/mol. The molecule has 1 N–H and O–H groups in total. The molecule has 4 heterocycles. The van der Waals surface area contributed by atoms with Crippen LogP contribution in [0.3, 0.4) is 0 Å². The van der Waals surface area contributed by atoms with Gasteiger partial charge in [-0.05, 0) is 44.4 Å². The van der Waals surface area contributed by atoms with E-state index in [0.717, 1.165) is 47.6 Å². The van der Waals surface area contributed by atoms with Gasteiger partial charge in [0.05, 0.1) is 5.69 Å². The Labute approximate surface area is 163 Å². The van der Waals surface area contributed by atoms with Crippen LogP contribution in [0, 0.1) is 6.92 Å². The van der Waals surface area contributed by atoms with Crippen LogP contribution in [0.25, 0.3) is 5.52 Å². The predicted molar refractivity (Wildman–Crippen MR) is 107 cm³/mol. The van der Waals surface area contributed by atoms with E-state index in [1.807, 2.05) is 25.3 Å². The highest BCUT2D eigenvalue weighted by Gasteiger charge is 2.27. The van der Waals surface area contributed by atoms with E-state index >= 15 is 0 Å².